The average molecular weight is 395 g/mol. The first-order chi connectivity index (χ1) is 13.8. The largest absolute Gasteiger partial charge is 0.491 e. The molecule has 0 saturated heterocycles. The van der Waals surface area contributed by atoms with Gasteiger partial charge in [-0.3, -0.25) is 4.79 Å². The standard InChI is InChI=1S/C25H30O4/c1-7-14-27-22-11-8-20(9-12-22)24(26)13-10-21-15-23(28-17(2)3)16-25(19(21)6)29-18(4)5/h7-13,15-18H,1,14H2,2-6H3. The normalized spacial score (nSPS) is 11.1. The van der Waals surface area contributed by atoms with Crippen molar-refractivity contribution in [2.45, 2.75) is 46.8 Å². The molecule has 4 nitrogen and oxygen atoms in total. The Labute approximate surface area is 173 Å². The summed E-state index contributed by atoms with van der Waals surface area (Å²) in [5, 5.41) is 0. The highest BCUT2D eigenvalue weighted by molar-refractivity contribution is 6.07. The molecular formula is C25H30O4. The maximum atomic E-state index is 12.6. The third-order valence-electron chi connectivity index (χ3n) is 4.03. The molecule has 0 unspecified atom stereocenters. The van der Waals surface area contributed by atoms with Crippen molar-refractivity contribution in [1.82, 2.24) is 0 Å². The van der Waals surface area contributed by atoms with Crippen LogP contribution in [0, 0.1) is 6.92 Å². The molecule has 0 aliphatic rings. The van der Waals surface area contributed by atoms with E-state index >= 15 is 0 Å². The SMILES string of the molecule is C=CCOc1ccc(C(=O)C=Cc2cc(OC(C)C)cc(OC(C)C)c2C)cc1. The predicted molar refractivity (Wildman–Crippen MR) is 118 cm³/mol. The summed E-state index contributed by atoms with van der Waals surface area (Å²) in [4.78, 5) is 12.6. The molecule has 0 aromatic heterocycles. The Kier molecular flexibility index (Phi) is 8.08. The smallest absolute Gasteiger partial charge is 0.185 e. The predicted octanol–water partition coefficient (Wildman–Crippen LogP) is 6.03. The second-order valence-corrected chi connectivity index (χ2v) is 7.29. The van der Waals surface area contributed by atoms with Crippen LogP contribution < -0.4 is 14.2 Å². The van der Waals surface area contributed by atoms with Gasteiger partial charge in [-0.15, -0.1) is 0 Å². The van der Waals surface area contributed by atoms with Gasteiger partial charge < -0.3 is 14.2 Å². The van der Waals surface area contributed by atoms with Crippen molar-refractivity contribution in [3.8, 4) is 17.2 Å². The van der Waals surface area contributed by atoms with E-state index in [2.05, 4.69) is 6.58 Å². The van der Waals surface area contributed by atoms with Crippen molar-refractivity contribution in [3.05, 3.63) is 71.8 Å². The fourth-order valence-corrected chi connectivity index (χ4v) is 2.70. The molecule has 29 heavy (non-hydrogen) atoms. The molecule has 154 valence electrons. The summed E-state index contributed by atoms with van der Waals surface area (Å²) in [7, 11) is 0. The van der Waals surface area contributed by atoms with Crippen LogP contribution in [-0.2, 0) is 0 Å². The zero-order chi connectivity index (χ0) is 21.4. The lowest BCUT2D eigenvalue weighted by Gasteiger charge is -2.17. The molecule has 2 rings (SSSR count). The molecular weight excluding hydrogens is 364 g/mol. The summed E-state index contributed by atoms with van der Waals surface area (Å²) in [5.41, 5.74) is 2.45. The molecule has 0 aliphatic heterocycles. The van der Waals surface area contributed by atoms with Crippen molar-refractivity contribution < 1.29 is 19.0 Å². The van der Waals surface area contributed by atoms with Crippen LogP contribution in [0.2, 0.25) is 0 Å². The second kappa shape index (κ2) is 10.5. The lowest BCUT2D eigenvalue weighted by molar-refractivity contribution is 0.104. The number of ketones is 1. The van der Waals surface area contributed by atoms with E-state index in [1.54, 1.807) is 42.5 Å². The summed E-state index contributed by atoms with van der Waals surface area (Å²) in [6.45, 7) is 13.9. The van der Waals surface area contributed by atoms with Gasteiger partial charge in [-0.25, -0.2) is 0 Å². The highest BCUT2D eigenvalue weighted by atomic mass is 16.5. The fourth-order valence-electron chi connectivity index (χ4n) is 2.70. The first kappa shape index (κ1) is 22.3. The summed E-state index contributed by atoms with van der Waals surface area (Å²) >= 11 is 0. The zero-order valence-corrected chi connectivity index (χ0v) is 17.9. The van der Waals surface area contributed by atoms with Crippen molar-refractivity contribution in [2.75, 3.05) is 6.61 Å². The fraction of sp³-hybridized carbons (Fsp3) is 0.320. The van der Waals surface area contributed by atoms with E-state index in [1.807, 2.05) is 46.8 Å². The topological polar surface area (TPSA) is 44.8 Å². The van der Waals surface area contributed by atoms with Gasteiger partial charge in [0, 0.05) is 11.6 Å². The Morgan fingerprint density at radius 2 is 1.66 bits per heavy atom. The number of carbonyl (C=O) groups is 1. The van der Waals surface area contributed by atoms with Crippen LogP contribution in [0.15, 0.2) is 55.1 Å². The van der Waals surface area contributed by atoms with Crippen molar-refractivity contribution >= 4 is 11.9 Å². The number of rotatable bonds is 10. The minimum atomic E-state index is -0.0822. The van der Waals surface area contributed by atoms with Crippen molar-refractivity contribution in [3.63, 3.8) is 0 Å². The maximum Gasteiger partial charge on any atom is 0.185 e. The Balaban J connectivity index is 2.25. The number of allylic oxidation sites excluding steroid dienone is 1. The summed E-state index contributed by atoms with van der Waals surface area (Å²) < 4.78 is 17.2. The van der Waals surface area contributed by atoms with Crippen LogP contribution in [0.25, 0.3) is 6.08 Å². The molecule has 0 fully saturated rings. The van der Waals surface area contributed by atoms with Crippen LogP contribution in [0.4, 0.5) is 0 Å². The number of ether oxygens (including phenoxy) is 3. The third kappa shape index (κ3) is 6.83. The highest BCUT2D eigenvalue weighted by Gasteiger charge is 2.11. The summed E-state index contributed by atoms with van der Waals surface area (Å²) in [6, 6.07) is 10.9. The molecule has 0 bridgehead atoms. The molecule has 4 heteroatoms. The van der Waals surface area contributed by atoms with E-state index in [9.17, 15) is 4.79 Å². The second-order valence-electron chi connectivity index (χ2n) is 7.29. The quantitative estimate of drug-likeness (QED) is 0.280. The van der Waals surface area contributed by atoms with Gasteiger partial charge in [0.15, 0.2) is 5.78 Å². The monoisotopic (exact) mass is 394 g/mol. The lowest BCUT2D eigenvalue weighted by atomic mass is 10.0. The van der Waals surface area contributed by atoms with E-state index in [-0.39, 0.29) is 18.0 Å². The molecule has 0 saturated carbocycles. The van der Waals surface area contributed by atoms with Crippen LogP contribution in [0.5, 0.6) is 17.2 Å². The summed E-state index contributed by atoms with van der Waals surface area (Å²) in [6.07, 6.45) is 5.15. The molecule has 2 aromatic carbocycles. The van der Waals surface area contributed by atoms with Gasteiger partial charge in [-0.1, -0.05) is 18.7 Å². The van der Waals surface area contributed by atoms with E-state index in [0.29, 0.717) is 17.9 Å². The minimum absolute atomic E-state index is 0.0447. The molecule has 0 N–H and O–H groups in total. The van der Waals surface area contributed by atoms with Gasteiger partial charge in [0.2, 0.25) is 0 Å². The van der Waals surface area contributed by atoms with Crippen LogP contribution in [-0.4, -0.2) is 24.6 Å². The van der Waals surface area contributed by atoms with E-state index in [1.165, 1.54) is 0 Å². The van der Waals surface area contributed by atoms with Crippen molar-refractivity contribution in [1.29, 1.82) is 0 Å². The van der Waals surface area contributed by atoms with Gasteiger partial charge >= 0.3 is 0 Å². The van der Waals surface area contributed by atoms with Crippen LogP contribution in [0.1, 0.15) is 49.2 Å². The van der Waals surface area contributed by atoms with Gasteiger partial charge in [-0.05, 0) is 82.2 Å². The van der Waals surface area contributed by atoms with Gasteiger partial charge in [0.25, 0.3) is 0 Å². The Morgan fingerprint density at radius 1 is 1.00 bits per heavy atom. The molecule has 0 atom stereocenters. The number of benzene rings is 2. The Morgan fingerprint density at radius 3 is 2.24 bits per heavy atom. The van der Waals surface area contributed by atoms with E-state index < -0.39 is 0 Å². The molecule has 0 radical (unpaired) electrons. The maximum absolute atomic E-state index is 12.6. The van der Waals surface area contributed by atoms with Gasteiger partial charge in [0.1, 0.15) is 23.9 Å². The first-order valence-corrected chi connectivity index (χ1v) is 9.84. The lowest BCUT2D eigenvalue weighted by Crippen LogP contribution is -2.09. The number of carbonyl (C=O) groups excluding carboxylic acids is 1. The average Bonchev–Trinajstić information content (AvgIpc) is 2.67. The molecule has 0 amide bonds. The van der Waals surface area contributed by atoms with E-state index in [0.717, 1.165) is 22.6 Å². The number of hydrogen-bond acceptors (Lipinski definition) is 4. The third-order valence-corrected chi connectivity index (χ3v) is 4.03. The zero-order valence-electron chi connectivity index (χ0n) is 17.9. The minimum Gasteiger partial charge on any atom is -0.491 e. The Hall–Kier alpha value is -3.01. The first-order valence-electron chi connectivity index (χ1n) is 9.84. The van der Waals surface area contributed by atoms with Crippen LogP contribution >= 0.6 is 0 Å². The summed E-state index contributed by atoms with van der Waals surface area (Å²) in [5.74, 6) is 2.10. The van der Waals surface area contributed by atoms with Gasteiger partial charge in [-0.2, -0.15) is 0 Å². The molecule has 2 aromatic rings. The van der Waals surface area contributed by atoms with Crippen LogP contribution in [0.3, 0.4) is 0 Å². The molecule has 0 heterocycles. The highest BCUT2D eigenvalue weighted by Crippen LogP contribution is 2.30. The molecule has 0 spiro atoms. The Bertz CT molecular complexity index is 861. The van der Waals surface area contributed by atoms with Gasteiger partial charge in [0.05, 0.1) is 12.2 Å². The van der Waals surface area contributed by atoms with Crippen molar-refractivity contribution in [2.24, 2.45) is 0 Å². The van der Waals surface area contributed by atoms with E-state index in [4.69, 9.17) is 14.2 Å². The number of hydrogen-bond donors (Lipinski definition) is 0. The molecule has 0 aliphatic carbocycles.